The van der Waals surface area contributed by atoms with E-state index in [9.17, 15) is 4.39 Å². The van der Waals surface area contributed by atoms with Gasteiger partial charge in [0.2, 0.25) is 0 Å². The molecule has 2 rings (SSSR count). The number of ether oxygens (including phenoxy) is 1. The molecule has 4 heteroatoms. The Morgan fingerprint density at radius 3 is 2.61 bits per heavy atom. The quantitative estimate of drug-likeness (QED) is 0.912. The molecule has 0 aliphatic carbocycles. The van der Waals surface area contributed by atoms with Crippen LogP contribution in [0.4, 0.5) is 4.39 Å². The van der Waals surface area contributed by atoms with E-state index in [1.54, 1.807) is 12.1 Å². The van der Waals surface area contributed by atoms with Crippen LogP contribution in [0, 0.1) is 5.82 Å². The summed E-state index contributed by atoms with van der Waals surface area (Å²) in [4.78, 5) is 0. The molecule has 0 heterocycles. The molecule has 1 atom stereocenters. The Balaban J connectivity index is 2.31. The van der Waals surface area contributed by atoms with E-state index in [2.05, 4.69) is 15.9 Å². The third kappa shape index (κ3) is 2.89. The Bertz CT molecular complexity index is 557. The average molecular weight is 310 g/mol. The highest BCUT2D eigenvalue weighted by Gasteiger charge is 2.09. The standard InChI is InChI=1S/C14H13BrFNO/c1-9(17)11-4-2-3-5-14(11)18-10-6-7-13(16)12(15)8-10/h2-9H,17H2,1H3/t9-/m0/s1. The van der Waals surface area contributed by atoms with Gasteiger partial charge in [-0.1, -0.05) is 18.2 Å². The summed E-state index contributed by atoms with van der Waals surface area (Å²) >= 11 is 3.13. The van der Waals surface area contributed by atoms with Crippen LogP contribution in [-0.2, 0) is 0 Å². The van der Waals surface area contributed by atoms with Crippen molar-refractivity contribution >= 4 is 15.9 Å². The van der Waals surface area contributed by atoms with Crippen molar-refractivity contribution in [2.24, 2.45) is 5.73 Å². The van der Waals surface area contributed by atoms with Gasteiger partial charge in [-0.05, 0) is 47.1 Å². The van der Waals surface area contributed by atoms with Gasteiger partial charge in [0.1, 0.15) is 17.3 Å². The van der Waals surface area contributed by atoms with E-state index in [-0.39, 0.29) is 11.9 Å². The van der Waals surface area contributed by atoms with Crippen LogP contribution in [0.2, 0.25) is 0 Å². The maximum absolute atomic E-state index is 13.1. The van der Waals surface area contributed by atoms with Crippen LogP contribution in [-0.4, -0.2) is 0 Å². The molecular formula is C14H13BrFNO. The second kappa shape index (κ2) is 5.50. The number of halogens is 2. The van der Waals surface area contributed by atoms with Gasteiger partial charge in [-0.3, -0.25) is 0 Å². The summed E-state index contributed by atoms with van der Waals surface area (Å²) < 4.78 is 19.2. The van der Waals surface area contributed by atoms with Crippen molar-refractivity contribution < 1.29 is 9.13 Å². The second-order valence-electron chi connectivity index (χ2n) is 4.00. The number of para-hydroxylation sites is 1. The fourth-order valence-electron chi connectivity index (χ4n) is 1.62. The van der Waals surface area contributed by atoms with Gasteiger partial charge in [-0.2, -0.15) is 0 Å². The van der Waals surface area contributed by atoms with Crippen molar-refractivity contribution in [3.8, 4) is 11.5 Å². The number of hydrogen-bond donors (Lipinski definition) is 1. The lowest BCUT2D eigenvalue weighted by molar-refractivity contribution is 0.469. The van der Waals surface area contributed by atoms with Crippen LogP contribution >= 0.6 is 15.9 Å². The first kappa shape index (κ1) is 13.1. The normalized spacial score (nSPS) is 12.2. The average Bonchev–Trinajstić information content (AvgIpc) is 2.34. The van der Waals surface area contributed by atoms with Crippen molar-refractivity contribution in [2.75, 3.05) is 0 Å². The molecule has 2 N–H and O–H groups in total. The van der Waals surface area contributed by atoms with Crippen molar-refractivity contribution in [3.05, 3.63) is 58.3 Å². The molecule has 0 fully saturated rings. The van der Waals surface area contributed by atoms with E-state index in [0.29, 0.717) is 16.0 Å². The molecule has 2 aromatic rings. The fraction of sp³-hybridized carbons (Fsp3) is 0.143. The molecule has 94 valence electrons. The molecule has 0 bridgehead atoms. The Kier molecular flexibility index (Phi) is 3.99. The molecule has 0 aliphatic rings. The second-order valence-corrected chi connectivity index (χ2v) is 4.86. The molecule has 0 aliphatic heterocycles. The van der Waals surface area contributed by atoms with Crippen LogP contribution in [0.15, 0.2) is 46.9 Å². The molecule has 0 aromatic heterocycles. The molecule has 0 radical (unpaired) electrons. The zero-order valence-corrected chi connectivity index (χ0v) is 11.4. The lowest BCUT2D eigenvalue weighted by atomic mass is 10.1. The van der Waals surface area contributed by atoms with Gasteiger partial charge in [0.05, 0.1) is 4.47 Å². The molecule has 2 nitrogen and oxygen atoms in total. The number of rotatable bonds is 3. The molecule has 0 amide bonds. The monoisotopic (exact) mass is 309 g/mol. The summed E-state index contributed by atoms with van der Waals surface area (Å²) in [6, 6.07) is 11.9. The van der Waals surface area contributed by atoms with Gasteiger partial charge in [-0.25, -0.2) is 4.39 Å². The Labute approximate surface area is 114 Å². The van der Waals surface area contributed by atoms with Gasteiger partial charge >= 0.3 is 0 Å². The van der Waals surface area contributed by atoms with E-state index in [1.165, 1.54) is 6.07 Å². The van der Waals surface area contributed by atoms with Crippen LogP contribution < -0.4 is 10.5 Å². The first-order valence-corrected chi connectivity index (χ1v) is 6.34. The van der Waals surface area contributed by atoms with Crippen LogP contribution in [0.5, 0.6) is 11.5 Å². The first-order chi connectivity index (χ1) is 8.58. The van der Waals surface area contributed by atoms with Gasteiger partial charge in [0, 0.05) is 11.6 Å². The van der Waals surface area contributed by atoms with E-state index < -0.39 is 0 Å². The molecule has 0 spiro atoms. The smallest absolute Gasteiger partial charge is 0.137 e. The Hall–Kier alpha value is -1.39. The molecular weight excluding hydrogens is 297 g/mol. The molecule has 0 unspecified atom stereocenters. The highest BCUT2D eigenvalue weighted by atomic mass is 79.9. The first-order valence-electron chi connectivity index (χ1n) is 5.55. The van der Waals surface area contributed by atoms with E-state index >= 15 is 0 Å². The third-order valence-electron chi connectivity index (χ3n) is 2.53. The summed E-state index contributed by atoms with van der Waals surface area (Å²) in [5.74, 6) is 0.935. The minimum Gasteiger partial charge on any atom is -0.457 e. The van der Waals surface area contributed by atoms with Crippen molar-refractivity contribution in [1.82, 2.24) is 0 Å². The highest BCUT2D eigenvalue weighted by Crippen LogP contribution is 2.30. The molecule has 2 aromatic carbocycles. The maximum atomic E-state index is 13.1. The summed E-state index contributed by atoms with van der Waals surface area (Å²) in [6.07, 6.45) is 0. The Morgan fingerprint density at radius 1 is 1.22 bits per heavy atom. The molecule has 18 heavy (non-hydrogen) atoms. The van der Waals surface area contributed by atoms with Gasteiger partial charge in [0.25, 0.3) is 0 Å². The summed E-state index contributed by atoms with van der Waals surface area (Å²) in [7, 11) is 0. The van der Waals surface area contributed by atoms with E-state index in [0.717, 1.165) is 5.56 Å². The lowest BCUT2D eigenvalue weighted by Crippen LogP contribution is -2.06. The lowest BCUT2D eigenvalue weighted by Gasteiger charge is -2.13. The number of nitrogens with two attached hydrogens (primary N) is 1. The van der Waals surface area contributed by atoms with Crippen molar-refractivity contribution in [1.29, 1.82) is 0 Å². The summed E-state index contributed by atoms with van der Waals surface area (Å²) in [6.45, 7) is 1.89. The van der Waals surface area contributed by atoms with Gasteiger partial charge < -0.3 is 10.5 Å². The van der Waals surface area contributed by atoms with Crippen molar-refractivity contribution in [2.45, 2.75) is 13.0 Å². The minimum atomic E-state index is -0.317. The van der Waals surface area contributed by atoms with Crippen molar-refractivity contribution in [3.63, 3.8) is 0 Å². The van der Waals surface area contributed by atoms with E-state index in [1.807, 2.05) is 31.2 Å². The van der Waals surface area contributed by atoms with Crippen LogP contribution in [0.25, 0.3) is 0 Å². The maximum Gasteiger partial charge on any atom is 0.137 e. The minimum absolute atomic E-state index is 0.120. The van der Waals surface area contributed by atoms with E-state index in [4.69, 9.17) is 10.5 Å². The van der Waals surface area contributed by atoms with Gasteiger partial charge in [-0.15, -0.1) is 0 Å². The largest absolute Gasteiger partial charge is 0.457 e. The summed E-state index contributed by atoms with van der Waals surface area (Å²) in [5, 5.41) is 0. The van der Waals surface area contributed by atoms with Crippen LogP contribution in [0.3, 0.4) is 0 Å². The predicted octanol–water partition coefficient (Wildman–Crippen LogP) is 4.40. The number of hydrogen-bond acceptors (Lipinski definition) is 2. The third-order valence-corrected chi connectivity index (χ3v) is 3.14. The molecule has 0 saturated carbocycles. The fourth-order valence-corrected chi connectivity index (χ4v) is 1.97. The number of benzene rings is 2. The SMILES string of the molecule is C[C@H](N)c1ccccc1Oc1ccc(F)c(Br)c1. The molecule has 0 saturated heterocycles. The zero-order valence-electron chi connectivity index (χ0n) is 9.86. The highest BCUT2D eigenvalue weighted by molar-refractivity contribution is 9.10. The zero-order chi connectivity index (χ0) is 13.1. The van der Waals surface area contributed by atoms with Gasteiger partial charge in [0.15, 0.2) is 0 Å². The summed E-state index contributed by atoms with van der Waals surface area (Å²) in [5.41, 5.74) is 6.79. The Morgan fingerprint density at radius 2 is 1.94 bits per heavy atom. The predicted molar refractivity (Wildman–Crippen MR) is 73.2 cm³/mol. The van der Waals surface area contributed by atoms with Crippen LogP contribution in [0.1, 0.15) is 18.5 Å². The topological polar surface area (TPSA) is 35.2 Å².